The van der Waals surface area contributed by atoms with E-state index in [0.29, 0.717) is 19.1 Å². The second kappa shape index (κ2) is 5.13. The Balaban J connectivity index is 1.73. The van der Waals surface area contributed by atoms with E-state index in [2.05, 4.69) is 20.2 Å². The third kappa shape index (κ3) is 2.68. The van der Waals surface area contributed by atoms with Crippen LogP contribution in [0.1, 0.15) is 24.5 Å². The molecule has 1 aromatic heterocycles. The van der Waals surface area contributed by atoms with Gasteiger partial charge in [0.1, 0.15) is 12.1 Å². The van der Waals surface area contributed by atoms with Crippen molar-refractivity contribution in [3.8, 4) is 0 Å². The van der Waals surface area contributed by atoms with Crippen LogP contribution >= 0.6 is 0 Å². The van der Waals surface area contributed by atoms with Gasteiger partial charge in [0.05, 0.1) is 13.2 Å². The summed E-state index contributed by atoms with van der Waals surface area (Å²) in [5.41, 5.74) is 1.12. The standard InChI is InChI=1S/C13H18N4O2/c1-14-13(18)11-7-17(4-5-19-11)12-6-10(9-2-3-9)15-8-16-12/h6,8-9,11H,2-5,7H2,1H3,(H,14,18). The summed E-state index contributed by atoms with van der Waals surface area (Å²) >= 11 is 0. The summed E-state index contributed by atoms with van der Waals surface area (Å²) in [5, 5.41) is 2.62. The average Bonchev–Trinajstić information content (AvgIpc) is 3.31. The van der Waals surface area contributed by atoms with Gasteiger partial charge >= 0.3 is 0 Å². The second-order valence-electron chi connectivity index (χ2n) is 5.00. The smallest absolute Gasteiger partial charge is 0.250 e. The fourth-order valence-electron chi connectivity index (χ4n) is 2.31. The highest BCUT2D eigenvalue weighted by Crippen LogP contribution is 2.39. The molecular formula is C13H18N4O2. The van der Waals surface area contributed by atoms with E-state index in [1.807, 2.05) is 6.07 Å². The Labute approximate surface area is 112 Å². The number of carbonyl (C=O) groups excluding carboxylic acids is 1. The van der Waals surface area contributed by atoms with Gasteiger partial charge in [0.15, 0.2) is 6.10 Å². The number of amides is 1. The molecule has 1 saturated heterocycles. The van der Waals surface area contributed by atoms with Crippen LogP contribution in [0, 0.1) is 0 Å². The molecular weight excluding hydrogens is 244 g/mol. The van der Waals surface area contributed by atoms with Gasteiger partial charge in [-0.2, -0.15) is 0 Å². The van der Waals surface area contributed by atoms with Crippen molar-refractivity contribution in [1.29, 1.82) is 0 Å². The molecule has 0 radical (unpaired) electrons. The maximum absolute atomic E-state index is 11.6. The number of carbonyl (C=O) groups is 1. The van der Waals surface area contributed by atoms with E-state index in [1.165, 1.54) is 12.8 Å². The van der Waals surface area contributed by atoms with Crippen LogP contribution in [-0.2, 0) is 9.53 Å². The molecule has 0 bridgehead atoms. The first-order valence-corrected chi connectivity index (χ1v) is 6.68. The molecule has 1 aliphatic carbocycles. The number of hydrogen-bond donors (Lipinski definition) is 1. The molecule has 2 fully saturated rings. The van der Waals surface area contributed by atoms with Crippen LogP contribution in [0.2, 0.25) is 0 Å². The molecule has 2 heterocycles. The Morgan fingerprint density at radius 3 is 3.05 bits per heavy atom. The van der Waals surface area contributed by atoms with Crippen LogP contribution in [0.3, 0.4) is 0 Å². The number of anilines is 1. The van der Waals surface area contributed by atoms with Crippen LogP contribution in [-0.4, -0.2) is 48.7 Å². The zero-order chi connectivity index (χ0) is 13.2. The van der Waals surface area contributed by atoms with E-state index in [0.717, 1.165) is 18.1 Å². The van der Waals surface area contributed by atoms with Crippen LogP contribution in [0.4, 0.5) is 5.82 Å². The number of nitrogens with one attached hydrogen (secondary N) is 1. The van der Waals surface area contributed by atoms with Crippen LogP contribution in [0.25, 0.3) is 0 Å². The molecule has 1 amide bonds. The van der Waals surface area contributed by atoms with Crippen LogP contribution in [0.5, 0.6) is 0 Å². The van der Waals surface area contributed by atoms with Gasteiger partial charge in [0.25, 0.3) is 5.91 Å². The molecule has 1 saturated carbocycles. The second-order valence-corrected chi connectivity index (χ2v) is 5.00. The quantitative estimate of drug-likeness (QED) is 0.849. The Hall–Kier alpha value is -1.69. The summed E-state index contributed by atoms with van der Waals surface area (Å²) in [6, 6.07) is 2.05. The molecule has 1 aromatic rings. The summed E-state index contributed by atoms with van der Waals surface area (Å²) < 4.78 is 5.48. The predicted molar refractivity (Wildman–Crippen MR) is 70.0 cm³/mol. The van der Waals surface area contributed by atoms with Crippen molar-refractivity contribution >= 4 is 11.7 Å². The minimum absolute atomic E-state index is 0.0822. The van der Waals surface area contributed by atoms with E-state index in [9.17, 15) is 4.79 Å². The van der Waals surface area contributed by atoms with Crippen molar-refractivity contribution in [3.63, 3.8) is 0 Å². The lowest BCUT2D eigenvalue weighted by atomic mass is 10.2. The summed E-state index contributed by atoms with van der Waals surface area (Å²) in [6.07, 6.45) is 3.65. The fourth-order valence-corrected chi connectivity index (χ4v) is 2.31. The number of nitrogens with zero attached hydrogens (tertiary/aromatic N) is 3. The molecule has 102 valence electrons. The first kappa shape index (κ1) is 12.3. The molecule has 19 heavy (non-hydrogen) atoms. The monoisotopic (exact) mass is 262 g/mol. The molecule has 6 nitrogen and oxygen atoms in total. The fraction of sp³-hybridized carbons (Fsp3) is 0.615. The van der Waals surface area contributed by atoms with Crippen molar-refractivity contribution in [2.45, 2.75) is 24.9 Å². The Morgan fingerprint density at radius 1 is 1.47 bits per heavy atom. The van der Waals surface area contributed by atoms with E-state index >= 15 is 0 Å². The number of aromatic nitrogens is 2. The highest BCUT2D eigenvalue weighted by Gasteiger charge is 2.29. The molecule has 1 unspecified atom stereocenters. The summed E-state index contributed by atoms with van der Waals surface area (Å²) in [6.45, 7) is 1.84. The molecule has 1 atom stereocenters. The highest BCUT2D eigenvalue weighted by molar-refractivity contribution is 5.81. The molecule has 6 heteroatoms. The highest BCUT2D eigenvalue weighted by atomic mass is 16.5. The molecule has 0 spiro atoms. The van der Waals surface area contributed by atoms with Crippen molar-refractivity contribution in [3.05, 3.63) is 18.1 Å². The predicted octanol–water partition coefficient (Wildman–Crippen LogP) is 0.305. The van der Waals surface area contributed by atoms with Gasteiger partial charge in [0, 0.05) is 31.3 Å². The number of rotatable bonds is 3. The lowest BCUT2D eigenvalue weighted by molar-refractivity contribution is -0.132. The molecule has 1 N–H and O–H groups in total. The average molecular weight is 262 g/mol. The van der Waals surface area contributed by atoms with E-state index in [-0.39, 0.29) is 5.91 Å². The maximum Gasteiger partial charge on any atom is 0.250 e. The van der Waals surface area contributed by atoms with Crippen LogP contribution in [0.15, 0.2) is 12.4 Å². The van der Waals surface area contributed by atoms with Gasteiger partial charge in [-0.25, -0.2) is 9.97 Å². The number of hydrogen-bond acceptors (Lipinski definition) is 5. The first-order chi connectivity index (χ1) is 9.28. The summed E-state index contributed by atoms with van der Waals surface area (Å²) in [4.78, 5) is 22.4. The minimum Gasteiger partial charge on any atom is -0.365 e. The normalized spacial score (nSPS) is 23.2. The first-order valence-electron chi connectivity index (χ1n) is 6.68. The van der Waals surface area contributed by atoms with Gasteiger partial charge in [-0.1, -0.05) is 0 Å². The maximum atomic E-state index is 11.6. The molecule has 0 aromatic carbocycles. The summed E-state index contributed by atoms with van der Waals surface area (Å²) in [7, 11) is 1.63. The van der Waals surface area contributed by atoms with Gasteiger partial charge in [-0.05, 0) is 12.8 Å². The number of likely N-dealkylation sites (N-methyl/N-ethyl adjacent to an activating group) is 1. The number of morpholine rings is 1. The minimum atomic E-state index is -0.418. The Kier molecular flexibility index (Phi) is 3.33. The molecule has 2 aliphatic rings. The van der Waals surface area contributed by atoms with Gasteiger partial charge < -0.3 is 15.0 Å². The SMILES string of the molecule is CNC(=O)C1CN(c2cc(C3CC3)ncn2)CCO1. The van der Waals surface area contributed by atoms with Gasteiger partial charge in [0.2, 0.25) is 0 Å². The van der Waals surface area contributed by atoms with Crippen molar-refractivity contribution in [1.82, 2.24) is 15.3 Å². The zero-order valence-corrected chi connectivity index (χ0v) is 11.0. The van der Waals surface area contributed by atoms with Crippen LogP contribution < -0.4 is 10.2 Å². The van der Waals surface area contributed by atoms with Gasteiger partial charge in [-0.3, -0.25) is 4.79 Å². The lowest BCUT2D eigenvalue weighted by Crippen LogP contribution is -2.49. The number of ether oxygens (including phenoxy) is 1. The van der Waals surface area contributed by atoms with E-state index in [1.54, 1.807) is 13.4 Å². The molecule has 1 aliphatic heterocycles. The Morgan fingerprint density at radius 2 is 2.32 bits per heavy atom. The lowest BCUT2D eigenvalue weighted by Gasteiger charge is -2.32. The van der Waals surface area contributed by atoms with Gasteiger partial charge in [-0.15, -0.1) is 0 Å². The zero-order valence-electron chi connectivity index (χ0n) is 11.0. The van der Waals surface area contributed by atoms with Crippen molar-refractivity contribution in [2.24, 2.45) is 0 Å². The van der Waals surface area contributed by atoms with E-state index in [4.69, 9.17) is 4.74 Å². The largest absolute Gasteiger partial charge is 0.365 e. The molecule has 3 rings (SSSR count). The van der Waals surface area contributed by atoms with Crippen molar-refractivity contribution < 1.29 is 9.53 Å². The summed E-state index contributed by atoms with van der Waals surface area (Å²) in [5.74, 6) is 1.42. The third-order valence-electron chi connectivity index (χ3n) is 3.60. The topological polar surface area (TPSA) is 67.4 Å². The van der Waals surface area contributed by atoms with E-state index < -0.39 is 6.10 Å². The Bertz CT molecular complexity index is 475. The van der Waals surface area contributed by atoms with Crippen molar-refractivity contribution in [2.75, 3.05) is 31.6 Å². The third-order valence-corrected chi connectivity index (χ3v) is 3.60.